The SMILES string of the molecule is O=C(C1=C(O)c2c(F)cc(Cl)cc2C1)C1(F)C(F)(F)C(F)(F)C(F)(F)C(F)(F)C1(F)F. The minimum Gasteiger partial charge on any atom is -0.507 e. The van der Waals surface area contributed by atoms with Gasteiger partial charge < -0.3 is 5.11 Å². The maximum atomic E-state index is 14.9. The molecule has 2 aliphatic carbocycles. The lowest BCUT2D eigenvalue weighted by molar-refractivity contribution is -0.475. The summed E-state index contributed by atoms with van der Waals surface area (Å²) >= 11 is 5.46. The van der Waals surface area contributed by atoms with E-state index in [0.717, 1.165) is 6.07 Å². The van der Waals surface area contributed by atoms with Crippen molar-refractivity contribution >= 4 is 23.1 Å². The van der Waals surface area contributed by atoms with E-state index < -0.39 is 80.8 Å². The highest BCUT2D eigenvalue weighted by atomic mass is 35.5. The first-order chi connectivity index (χ1) is 13.7. The number of Topliss-reactive ketones (excluding diaryl/α,β-unsaturated/α-hetero) is 1. The molecule has 31 heavy (non-hydrogen) atoms. The molecule has 0 aromatic heterocycles. The lowest BCUT2D eigenvalue weighted by atomic mass is 9.69. The Hall–Kier alpha value is -2.12. The molecular formula is C16H5ClF12O2. The van der Waals surface area contributed by atoms with E-state index in [1.54, 1.807) is 0 Å². The monoisotopic (exact) mass is 492 g/mol. The van der Waals surface area contributed by atoms with Crippen LogP contribution in [0.4, 0.5) is 52.7 Å². The van der Waals surface area contributed by atoms with E-state index in [9.17, 15) is 62.6 Å². The van der Waals surface area contributed by atoms with Crippen molar-refractivity contribution in [2.45, 2.75) is 41.7 Å². The van der Waals surface area contributed by atoms with E-state index in [4.69, 9.17) is 11.6 Å². The van der Waals surface area contributed by atoms with Gasteiger partial charge in [0.1, 0.15) is 11.6 Å². The van der Waals surface area contributed by atoms with E-state index >= 15 is 0 Å². The number of alkyl halides is 11. The largest absolute Gasteiger partial charge is 0.507 e. The molecule has 15 heteroatoms. The molecule has 1 saturated carbocycles. The zero-order valence-corrected chi connectivity index (χ0v) is 14.9. The van der Waals surface area contributed by atoms with Crippen LogP contribution >= 0.6 is 11.6 Å². The van der Waals surface area contributed by atoms with E-state index in [2.05, 4.69) is 0 Å². The number of rotatable bonds is 2. The van der Waals surface area contributed by atoms with E-state index in [0.29, 0.717) is 6.07 Å². The quantitative estimate of drug-likeness (QED) is 0.532. The molecule has 2 nitrogen and oxygen atoms in total. The molecule has 3 rings (SSSR count). The molecule has 0 heterocycles. The Balaban J connectivity index is 2.28. The van der Waals surface area contributed by atoms with Crippen LogP contribution in [-0.4, -0.2) is 46.2 Å². The average Bonchev–Trinajstić information content (AvgIpc) is 2.94. The number of hydrogen-bond acceptors (Lipinski definition) is 2. The smallest absolute Gasteiger partial charge is 0.384 e. The molecule has 1 aromatic carbocycles. The minimum atomic E-state index is -7.49. The summed E-state index contributed by atoms with van der Waals surface area (Å²) < 4.78 is 166. The minimum absolute atomic E-state index is 0.459. The van der Waals surface area contributed by atoms with Crippen LogP contribution in [-0.2, 0) is 11.2 Å². The standard InChI is InChI=1S/C16H5ClF12O2/c17-5-1-4-2-6(9(30)8(4)7(18)3-5)10(31)11(19)12(20,21)14(24,25)16(28,29)15(26,27)13(11,22)23/h1,3,30H,2H2. The van der Waals surface area contributed by atoms with Crippen molar-refractivity contribution in [3.05, 3.63) is 39.7 Å². The molecule has 1 aromatic rings. The zero-order valence-electron chi connectivity index (χ0n) is 14.1. The lowest BCUT2D eigenvalue weighted by Gasteiger charge is -2.51. The summed E-state index contributed by atoms with van der Waals surface area (Å²) in [6.45, 7) is 0. The van der Waals surface area contributed by atoms with Crippen molar-refractivity contribution in [2.24, 2.45) is 0 Å². The Morgan fingerprint density at radius 3 is 1.68 bits per heavy atom. The number of carbonyl (C=O) groups excluding carboxylic acids is 1. The van der Waals surface area contributed by atoms with Crippen molar-refractivity contribution in [1.82, 2.24) is 0 Å². The number of aliphatic hydroxyl groups excluding tert-OH is 1. The Morgan fingerprint density at radius 2 is 1.23 bits per heavy atom. The summed E-state index contributed by atoms with van der Waals surface area (Å²) in [5.41, 5.74) is -10.6. The molecule has 2 aliphatic rings. The van der Waals surface area contributed by atoms with E-state index in [1.165, 1.54) is 0 Å². The van der Waals surface area contributed by atoms with Crippen LogP contribution in [0.1, 0.15) is 11.1 Å². The fraction of sp³-hybridized carbons (Fsp3) is 0.438. The zero-order chi connectivity index (χ0) is 24.2. The topological polar surface area (TPSA) is 37.3 Å². The number of ketones is 1. The Bertz CT molecular complexity index is 1000. The number of aliphatic hydroxyl groups is 1. The summed E-state index contributed by atoms with van der Waals surface area (Å²) in [5, 5.41) is 9.37. The lowest BCUT2D eigenvalue weighted by Crippen LogP contribution is -2.85. The van der Waals surface area contributed by atoms with Gasteiger partial charge >= 0.3 is 35.3 Å². The summed E-state index contributed by atoms with van der Waals surface area (Å²) in [4.78, 5) is 12.2. The molecule has 0 bridgehead atoms. The molecule has 0 aliphatic heterocycles. The fourth-order valence-corrected chi connectivity index (χ4v) is 3.59. The first kappa shape index (κ1) is 23.5. The van der Waals surface area contributed by atoms with Crippen molar-refractivity contribution < 1.29 is 62.6 Å². The Kier molecular flexibility index (Phi) is 4.57. The Morgan fingerprint density at radius 1 is 0.806 bits per heavy atom. The highest BCUT2D eigenvalue weighted by Crippen LogP contribution is 2.70. The van der Waals surface area contributed by atoms with Gasteiger partial charge in [-0.05, 0) is 17.7 Å². The van der Waals surface area contributed by atoms with Gasteiger partial charge in [0.15, 0.2) is 0 Å². The van der Waals surface area contributed by atoms with Gasteiger partial charge in [0.2, 0.25) is 5.78 Å². The fourth-order valence-electron chi connectivity index (χ4n) is 3.36. The van der Waals surface area contributed by atoms with Gasteiger partial charge in [-0.2, -0.15) is 43.9 Å². The van der Waals surface area contributed by atoms with Crippen LogP contribution < -0.4 is 0 Å². The molecule has 0 saturated heterocycles. The first-order valence-electron chi connectivity index (χ1n) is 7.75. The molecule has 0 atom stereocenters. The molecule has 0 spiro atoms. The van der Waals surface area contributed by atoms with Crippen molar-refractivity contribution in [3.63, 3.8) is 0 Å². The number of benzene rings is 1. The van der Waals surface area contributed by atoms with Gasteiger partial charge in [-0.3, -0.25) is 4.79 Å². The number of carbonyl (C=O) groups is 1. The second kappa shape index (κ2) is 6.01. The van der Waals surface area contributed by atoms with Gasteiger partial charge in [-0.1, -0.05) is 11.6 Å². The van der Waals surface area contributed by atoms with Crippen LogP contribution in [0, 0.1) is 5.82 Å². The van der Waals surface area contributed by atoms with Crippen molar-refractivity contribution in [2.75, 3.05) is 0 Å². The maximum Gasteiger partial charge on any atom is 0.384 e. The van der Waals surface area contributed by atoms with Crippen LogP contribution in [0.2, 0.25) is 5.02 Å². The highest BCUT2D eigenvalue weighted by Gasteiger charge is 3.02. The predicted molar refractivity (Wildman–Crippen MR) is 78.2 cm³/mol. The summed E-state index contributed by atoms with van der Waals surface area (Å²) in [5.74, 6) is -44.1. The van der Waals surface area contributed by atoms with Gasteiger partial charge in [-0.15, -0.1) is 0 Å². The van der Waals surface area contributed by atoms with Crippen LogP contribution in [0.5, 0.6) is 0 Å². The van der Waals surface area contributed by atoms with Gasteiger partial charge in [0.25, 0.3) is 0 Å². The van der Waals surface area contributed by atoms with Crippen molar-refractivity contribution in [1.29, 1.82) is 0 Å². The Labute approximate surface area is 168 Å². The summed E-state index contributed by atoms with van der Waals surface area (Å²) in [7, 11) is 0. The summed E-state index contributed by atoms with van der Waals surface area (Å²) in [6.07, 6.45) is -1.39. The molecule has 1 fully saturated rings. The van der Waals surface area contributed by atoms with Crippen LogP contribution in [0.3, 0.4) is 0 Å². The molecule has 172 valence electrons. The molecule has 0 unspecified atom stereocenters. The number of allylic oxidation sites excluding steroid dienone is 1. The van der Waals surface area contributed by atoms with E-state index in [1.807, 2.05) is 0 Å². The van der Waals surface area contributed by atoms with Crippen LogP contribution in [0.15, 0.2) is 17.7 Å². The second-order valence-corrected chi connectivity index (χ2v) is 7.22. The summed E-state index contributed by atoms with van der Waals surface area (Å²) in [6, 6.07) is 1.19. The number of fused-ring (bicyclic) bond motifs is 1. The van der Waals surface area contributed by atoms with Gasteiger partial charge in [0, 0.05) is 17.0 Å². The first-order valence-corrected chi connectivity index (χ1v) is 8.12. The normalized spacial score (nSPS) is 26.5. The predicted octanol–water partition coefficient (Wildman–Crippen LogP) is 5.77. The van der Waals surface area contributed by atoms with E-state index in [-0.39, 0.29) is 0 Å². The number of hydrogen-bond donors (Lipinski definition) is 1. The van der Waals surface area contributed by atoms with Crippen LogP contribution in [0.25, 0.3) is 5.76 Å². The van der Waals surface area contributed by atoms with Gasteiger partial charge in [-0.25, -0.2) is 8.78 Å². The molecule has 0 radical (unpaired) electrons. The third-order valence-electron chi connectivity index (χ3n) is 5.06. The number of halogens is 13. The third kappa shape index (κ3) is 2.31. The average molecular weight is 493 g/mol. The highest BCUT2D eigenvalue weighted by molar-refractivity contribution is 6.30. The van der Waals surface area contributed by atoms with Crippen molar-refractivity contribution in [3.8, 4) is 0 Å². The second-order valence-electron chi connectivity index (χ2n) is 6.79. The van der Waals surface area contributed by atoms with Gasteiger partial charge in [0.05, 0.1) is 5.56 Å². The molecular weight excluding hydrogens is 488 g/mol. The molecule has 1 N–H and O–H groups in total. The third-order valence-corrected chi connectivity index (χ3v) is 5.27. The molecule has 0 amide bonds. The maximum absolute atomic E-state index is 14.9.